The SMILES string of the molecule is CC(C)(C)c1ccc(C2=C(c3ccc(C(C)(C)C)cc3)c3nc2nc2[nH]c(nc4nc(nc5[nH]c(n3)c(-c3ccc(C(C)(C)C)cc3)c5-c3ccc(C(C)(C)C)cc3)C(O)=C4O)c(-c3ccc(C(C)(C)C)cc3)c2-c2ccc(C(C)(C)C)cc2)cc1. The smallest absolute Gasteiger partial charge is 0.207 e. The molecule has 11 rings (SSSR count). The summed E-state index contributed by atoms with van der Waals surface area (Å²) in [6.45, 7) is 39.8. The average Bonchev–Trinajstić information content (AvgIpc) is 1.82. The first kappa shape index (κ1) is 59.0. The van der Waals surface area contributed by atoms with E-state index in [0.29, 0.717) is 34.2 Å². The van der Waals surface area contributed by atoms with Crippen LogP contribution in [0.2, 0.25) is 0 Å². The number of nitrogens with zero attached hydrogens (tertiary/aromatic N) is 6. The van der Waals surface area contributed by atoms with Crippen LogP contribution in [0.15, 0.2) is 146 Å². The largest absolute Gasteiger partial charge is 0.502 e. The molecule has 86 heavy (non-hydrogen) atoms. The Kier molecular flexibility index (Phi) is 14.4. The Morgan fingerprint density at radius 2 is 0.407 bits per heavy atom. The third-order valence-corrected chi connectivity index (χ3v) is 16.8. The topological polar surface area (TPSA) is 149 Å². The van der Waals surface area contributed by atoms with Gasteiger partial charge in [0.05, 0.1) is 0 Å². The average molecular weight is 1140 g/mol. The van der Waals surface area contributed by atoms with Gasteiger partial charge < -0.3 is 20.2 Å². The molecule has 0 fully saturated rings. The van der Waals surface area contributed by atoms with Crippen molar-refractivity contribution < 1.29 is 10.2 Å². The molecule has 0 amide bonds. The predicted molar refractivity (Wildman–Crippen MR) is 356 cm³/mol. The van der Waals surface area contributed by atoms with E-state index < -0.39 is 11.5 Å². The summed E-state index contributed by atoms with van der Waals surface area (Å²) in [7, 11) is 0. The van der Waals surface area contributed by atoms with Crippen molar-refractivity contribution in [3.63, 3.8) is 0 Å². The van der Waals surface area contributed by atoms with Gasteiger partial charge in [-0.05, 0) is 99.3 Å². The second-order valence-corrected chi connectivity index (χ2v) is 29.5. The molecule has 0 unspecified atom stereocenters. The molecule has 5 heterocycles. The number of hydrogen-bond acceptors (Lipinski definition) is 8. The van der Waals surface area contributed by atoms with Crippen molar-refractivity contribution in [2.45, 2.75) is 157 Å². The first-order valence-corrected chi connectivity index (χ1v) is 30.1. The van der Waals surface area contributed by atoms with Gasteiger partial charge in [-0.3, -0.25) is 0 Å². The zero-order valence-electron chi connectivity index (χ0n) is 53.4. The maximum atomic E-state index is 12.1. The van der Waals surface area contributed by atoms with Crippen molar-refractivity contribution in [2.24, 2.45) is 0 Å². The number of fused-ring (bicyclic) bond motifs is 8. The Balaban J connectivity index is 1.37. The maximum Gasteiger partial charge on any atom is 0.207 e. The van der Waals surface area contributed by atoms with Gasteiger partial charge in [0.1, 0.15) is 22.6 Å². The van der Waals surface area contributed by atoms with Crippen molar-refractivity contribution >= 4 is 45.3 Å². The van der Waals surface area contributed by atoms with Gasteiger partial charge in [0.2, 0.25) is 23.2 Å². The summed E-state index contributed by atoms with van der Waals surface area (Å²) in [4.78, 5) is 39.8. The van der Waals surface area contributed by atoms with Crippen LogP contribution in [0.4, 0.5) is 0 Å². The van der Waals surface area contributed by atoms with E-state index in [1.165, 1.54) is 22.3 Å². The van der Waals surface area contributed by atoms with Crippen LogP contribution < -0.4 is 0 Å². The van der Waals surface area contributed by atoms with Crippen molar-refractivity contribution in [1.29, 1.82) is 0 Å². The third-order valence-electron chi connectivity index (χ3n) is 16.8. The highest BCUT2D eigenvalue weighted by molar-refractivity contribution is 6.07. The van der Waals surface area contributed by atoms with E-state index in [4.69, 9.17) is 29.9 Å². The van der Waals surface area contributed by atoms with E-state index in [2.05, 4.69) is 280 Å². The van der Waals surface area contributed by atoms with E-state index in [-0.39, 0.29) is 44.1 Å². The lowest BCUT2D eigenvalue weighted by Crippen LogP contribution is -2.11. The fourth-order valence-corrected chi connectivity index (χ4v) is 11.4. The number of aliphatic hydroxyl groups excluding tert-OH is 2. The maximum absolute atomic E-state index is 12.1. The molecule has 10 nitrogen and oxygen atoms in total. The molecule has 2 aliphatic rings. The zero-order chi connectivity index (χ0) is 61.8. The Hall–Kier alpha value is -8.76. The molecule has 438 valence electrons. The van der Waals surface area contributed by atoms with Gasteiger partial charge in [-0.15, -0.1) is 0 Å². The first-order chi connectivity index (χ1) is 40.2. The number of aromatic nitrogens is 8. The molecule has 10 heteroatoms. The monoisotopic (exact) mass is 1140 g/mol. The molecule has 4 N–H and O–H groups in total. The van der Waals surface area contributed by atoms with E-state index in [1.54, 1.807) is 0 Å². The molecule has 2 aliphatic heterocycles. The van der Waals surface area contributed by atoms with Crippen LogP contribution >= 0.6 is 0 Å². The highest BCUT2D eigenvalue weighted by Gasteiger charge is 2.31. The summed E-state index contributed by atoms with van der Waals surface area (Å²) < 4.78 is 0. The Bertz CT molecular complexity index is 4050. The molecule has 0 aliphatic carbocycles. The zero-order valence-corrected chi connectivity index (χ0v) is 53.4. The Morgan fingerprint density at radius 1 is 0.233 bits per heavy atom. The van der Waals surface area contributed by atoms with Crippen molar-refractivity contribution in [1.82, 2.24) is 39.9 Å². The van der Waals surface area contributed by atoms with Gasteiger partial charge in [0.25, 0.3) is 0 Å². The molecule has 9 aromatic rings. The molecule has 0 atom stereocenters. The summed E-state index contributed by atoms with van der Waals surface area (Å²) in [5, 5.41) is 24.2. The van der Waals surface area contributed by atoms with Crippen LogP contribution in [-0.4, -0.2) is 50.1 Å². The van der Waals surface area contributed by atoms with Gasteiger partial charge in [-0.25, -0.2) is 29.9 Å². The minimum absolute atomic E-state index is 0.111. The summed E-state index contributed by atoms with van der Waals surface area (Å²) in [5.74, 6) is -0.400. The minimum Gasteiger partial charge on any atom is -0.502 e. The quantitative estimate of drug-likeness (QED) is 0.129. The van der Waals surface area contributed by atoms with Crippen LogP contribution in [-0.2, 0) is 32.5 Å². The summed E-state index contributed by atoms with van der Waals surface area (Å²) >= 11 is 0. The van der Waals surface area contributed by atoms with Crippen LogP contribution in [0.5, 0.6) is 0 Å². The lowest BCUT2D eigenvalue weighted by Gasteiger charge is -2.20. The molecule has 8 bridgehead atoms. The molecule has 0 saturated heterocycles. The van der Waals surface area contributed by atoms with Gasteiger partial charge in [-0.1, -0.05) is 270 Å². The number of H-pyrrole nitrogens is 2. The lowest BCUT2D eigenvalue weighted by molar-refractivity contribution is 0.461. The summed E-state index contributed by atoms with van der Waals surface area (Å²) in [5.41, 5.74) is 17.9. The van der Waals surface area contributed by atoms with Crippen molar-refractivity contribution in [3.8, 4) is 44.5 Å². The predicted octanol–water partition coefficient (Wildman–Crippen LogP) is 19.3. The van der Waals surface area contributed by atoms with E-state index in [1.807, 2.05) is 0 Å². The van der Waals surface area contributed by atoms with Crippen molar-refractivity contribution in [2.75, 3.05) is 0 Å². The summed E-state index contributed by atoms with van der Waals surface area (Å²) in [6, 6.07) is 51.9. The lowest BCUT2D eigenvalue weighted by atomic mass is 9.84. The third kappa shape index (κ3) is 11.3. The second-order valence-electron chi connectivity index (χ2n) is 29.5. The highest BCUT2D eigenvalue weighted by atomic mass is 16.3. The first-order valence-electron chi connectivity index (χ1n) is 30.1. The number of hydrogen-bond donors (Lipinski definition) is 4. The summed E-state index contributed by atoms with van der Waals surface area (Å²) in [6.07, 6.45) is 0. The molecule has 3 aromatic heterocycles. The van der Waals surface area contributed by atoms with E-state index in [9.17, 15) is 10.2 Å². The van der Waals surface area contributed by atoms with Crippen LogP contribution in [0.1, 0.15) is 192 Å². The van der Waals surface area contributed by atoms with E-state index in [0.717, 1.165) is 77.9 Å². The van der Waals surface area contributed by atoms with Gasteiger partial charge >= 0.3 is 0 Å². The fraction of sp³-hybridized carbons (Fsp3) is 0.316. The van der Waals surface area contributed by atoms with Crippen LogP contribution in [0.3, 0.4) is 0 Å². The standard InChI is InChI=1S/C76H82N8O2/c1-71(2,3)49-31-19-43(20-32-49)55-56(44-21-33-50(34-22-44)72(4,5)6)64-77-63(55)78-65-57(45-23-35-51(36-24-45)73(7,8)9)59(47-27-39-53(40-28-47)75(13,14)15)67(80-65)82-69-61(85)62(86)70(84-69)83-68-60(48-29-41-54(42-30-48)76(16,17)18)58(66(79-64)81-68)46-25-37-52(38-26-46)74(10,11)12/h19-42,85-86H,1-18H3,(H2,77,78,79,80,81,82,83,84). The normalized spacial score (nSPS) is 13.7. The van der Waals surface area contributed by atoms with Gasteiger partial charge in [-0.2, -0.15) is 0 Å². The number of benzene rings is 6. The Labute approximate surface area is 507 Å². The number of aromatic amines is 2. The van der Waals surface area contributed by atoms with Crippen LogP contribution in [0.25, 0.3) is 89.8 Å². The molecule has 6 aromatic carbocycles. The fourth-order valence-electron chi connectivity index (χ4n) is 11.4. The van der Waals surface area contributed by atoms with Crippen LogP contribution in [0, 0.1) is 0 Å². The van der Waals surface area contributed by atoms with Gasteiger partial charge in [0.15, 0.2) is 11.6 Å². The minimum atomic E-state index is -0.512. The highest BCUT2D eigenvalue weighted by Crippen LogP contribution is 2.45. The van der Waals surface area contributed by atoms with Gasteiger partial charge in [0, 0.05) is 33.4 Å². The second kappa shape index (κ2) is 21.0. The molecule has 0 radical (unpaired) electrons. The molecule has 0 saturated carbocycles. The molecular formula is C76H82N8O2. The molecular weight excluding hydrogens is 1060 g/mol. The Morgan fingerprint density at radius 3 is 0.605 bits per heavy atom. The molecule has 0 spiro atoms. The van der Waals surface area contributed by atoms with E-state index >= 15 is 0 Å². The van der Waals surface area contributed by atoms with Crippen molar-refractivity contribution in [3.05, 3.63) is 213 Å². The number of nitrogens with one attached hydrogen (secondary N) is 2. The number of rotatable bonds is 6. The number of aliphatic hydroxyl groups is 2.